The molecule has 0 unspecified atom stereocenters. The van der Waals surface area contributed by atoms with Crippen LogP contribution in [0.15, 0.2) is 0 Å². The van der Waals surface area contributed by atoms with Crippen LogP contribution < -0.4 is 5.32 Å². The first-order valence-electron chi connectivity index (χ1n) is 6.72. The number of rotatable bonds is 8. The second-order valence-electron chi connectivity index (χ2n) is 5.57. The minimum atomic E-state index is 0.135. The molecular formula is C14H29NO. The van der Waals surface area contributed by atoms with Crippen molar-refractivity contribution < 1.29 is 4.79 Å². The third-order valence-electron chi connectivity index (χ3n) is 3.17. The summed E-state index contributed by atoms with van der Waals surface area (Å²) in [6, 6.07) is 0. The second kappa shape index (κ2) is 8.60. The Bertz CT molecular complexity index is 187. The van der Waals surface area contributed by atoms with E-state index in [2.05, 4.69) is 33.0 Å². The molecule has 0 spiro atoms. The van der Waals surface area contributed by atoms with Gasteiger partial charge in [-0.3, -0.25) is 4.79 Å². The molecule has 0 heterocycles. The van der Waals surface area contributed by atoms with E-state index < -0.39 is 0 Å². The van der Waals surface area contributed by atoms with Crippen molar-refractivity contribution in [3.8, 4) is 0 Å². The first-order valence-corrected chi connectivity index (χ1v) is 6.72. The minimum absolute atomic E-state index is 0.135. The van der Waals surface area contributed by atoms with Crippen molar-refractivity contribution in [2.24, 2.45) is 17.8 Å². The summed E-state index contributed by atoms with van der Waals surface area (Å²) in [5, 5.41) is 3.01. The molecule has 0 bridgehead atoms. The Morgan fingerprint density at radius 1 is 1.00 bits per heavy atom. The fraction of sp³-hybridized carbons (Fsp3) is 0.929. The van der Waals surface area contributed by atoms with Gasteiger partial charge in [0.15, 0.2) is 0 Å². The van der Waals surface area contributed by atoms with E-state index in [0.29, 0.717) is 5.92 Å². The number of carbonyl (C=O) groups excluding carboxylic acids is 1. The predicted octanol–water partition coefficient (Wildman–Crippen LogP) is 3.61. The van der Waals surface area contributed by atoms with Crippen LogP contribution in [0.5, 0.6) is 0 Å². The Balaban J connectivity index is 3.41. The van der Waals surface area contributed by atoms with Crippen LogP contribution in [0.3, 0.4) is 0 Å². The number of hydrogen-bond acceptors (Lipinski definition) is 1. The van der Waals surface area contributed by atoms with Crippen molar-refractivity contribution in [3.63, 3.8) is 0 Å². The maximum absolute atomic E-state index is 11.6. The third-order valence-corrected chi connectivity index (χ3v) is 3.17. The highest BCUT2D eigenvalue weighted by Crippen LogP contribution is 2.10. The van der Waals surface area contributed by atoms with Crippen molar-refractivity contribution in [3.05, 3.63) is 0 Å². The summed E-state index contributed by atoms with van der Waals surface area (Å²) in [5.41, 5.74) is 0. The summed E-state index contributed by atoms with van der Waals surface area (Å²) >= 11 is 0. The lowest BCUT2D eigenvalue weighted by atomic mass is 9.97. The molecule has 0 fully saturated rings. The van der Waals surface area contributed by atoms with E-state index in [1.165, 1.54) is 19.3 Å². The lowest BCUT2D eigenvalue weighted by molar-refractivity contribution is -0.125. The van der Waals surface area contributed by atoms with E-state index in [-0.39, 0.29) is 11.8 Å². The van der Waals surface area contributed by atoms with Crippen LogP contribution in [0.25, 0.3) is 0 Å². The van der Waals surface area contributed by atoms with Crippen LogP contribution in [0, 0.1) is 17.8 Å². The average molecular weight is 227 g/mol. The molecule has 0 aliphatic heterocycles. The molecule has 0 saturated heterocycles. The van der Waals surface area contributed by atoms with Gasteiger partial charge in [-0.1, -0.05) is 53.9 Å². The van der Waals surface area contributed by atoms with Gasteiger partial charge in [-0.05, 0) is 18.3 Å². The molecule has 0 rings (SSSR count). The number of nitrogens with one attached hydrogen (secondary N) is 1. The van der Waals surface area contributed by atoms with Gasteiger partial charge in [-0.2, -0.15) is 0 Å². The second-order valence-corrected chi connectivity index (χ2v) is 5.57. The molecule has 0 radical (unpaired) electrons. The maximum Gasteiger partial charge on any atom is 0.223 e. The van der Waals surface area contributed by atoms with Crippen molar-refractivity contribution in [1.29, 1.82) is 0 Å². The molecular weight excluding hydrogens is 198 g/mol. The van der Waals surface area contributed by atoms with Gasteiger partial charge in [0.2, 0.25) is 5.91 Å². The van der Waals surface area contributed by atoms with E-state index in [4.69, 9.17) is 0 Å². The molecule has 0 aromatic rings. The summed E-state index contributed by atoms with van der Waals surface area (Å²) in [7, 11) is 0. The van der Waals surface area contributed by atoms with Crippen molar-refractivity contribution in [2.75, 3.05) is 6.54 Å². The van der Waals surface area contributed by atoms with E-state index in [9.17, 15) is 4.79 Å². The largest absolute Gasteiger partial charge is 0.356 e. The Labute approximate surface area is 101 Å². The standard InChI is InChI=1S/C14H29NO/c1-11(2)9-7-6-8-10-15-14(16)13(5)12(3)4/h11-13H,6-10H2,1-5H3,(H,15,16)/t13-/m0/s1. The molecule has 2 heteroatoms. The number of amides is 1. The van der Waals surface area contributed by atoms with E-state index in [1.54, 1.807) is 0 Å². The zero-order chi connectivity index (χ0) is 12.6. The summed E-state index contributed by atoms with van der Waals surface area (Å²) < 4.78 is 0. The molecule has 0 aromatic heterocycles. The highest BCUT2D eigenvalue weighted by molar-refractivity contribution is 5.78. The zero-order valence-electron chi connectivity index (χ0n) is 11.7. The van der Waals surface area contributed by atoms with Crippen LogP contribution >= 0.6 is 0 Å². The third kappa shape index (κ3) is 7.72. The maximum atomic E-state index is 11.6. The van der Waals surface area contributed by atoms with Crippen LogP contribution in [0.2, 0.25) is 0 Å². The fourth-order valence-corrected chi connectivity index (χ4v) is 1.53. The first kappa shape index (κ1) is 15.5. The topological polar surface area (TPSA) is 29.1 Å². The van der Waals surface area contributed by atoms with Gasteiger partial charge in [0, 0.05) is 12.5 Å². The lowest BCUT2D eigenvalue weighted by Crippen LogP contribution is -2.32. The SMILES string of the molecule is CC(C)CCCCCNC(=O)[C@@H](C)C(C)C. The predicted molar refractivity (Wildman–Crippen MR) is 70.3 cm³/mol. The minimum Gasteiger partial charge on any atom is -0.356 e. The molecule has 0 aliphatic carbocycles. The summed E-state index contributed by atoms with van der Waals surface area (Å²) in [4.78, 5) is 11.6. The summed E-state index contributed by atoms with van der Waals surface area (Å²) in [5.74, 6) is 1.58. The average Bonchev–Trinajstić information content (AvgIpc) is 2.21. The molecule has 1 N–H and O–H groups in total. The van der Waals surface area contributed by atoms with Crippen LogP contribution in [-0.2, 0) is 4.79 Å². The van der Waals surface area contributed by atoms with Gasteiger partial charge in [-0.25, -0.2) is 0 Å². The highest BCUT2D eigenvalue weighted by atomic mass is 16.1. The van der Waals surface area contributed by atoms with Crippen LogP contribution in [-0.4, -0.2) is 12.5 Å². The molecule has 0 saturated carbocycles. The summed E-state index contributed by atoms with van der Waals surface area (Å²) in [6.07, 6.45) is 4.93. The highest BCUT2D eigenvalue weighted by Gasteiger charge is 2.15. The van der Waals surface area contributed by atoms with E-state index >= 15 is 0 Å². The normalized spacial score (nSPS) is 13.2. The molecule has 16 heavy (non-hydrogen) atoms. The Morgan fingerprint density at radius 2 is 1.62 bits per heavy atom. The molecule has 96 valence electrons. The van der Waals surface area contributed by atoms with Gasteiger partial charge in [0.1, 0.15) is 0 Å². The molecule has 1 amide bonds. The fourth-order valence-electron chi connectivity index (χ4n) is 1.53. The molecule has 0 aliphatic rings. The number of unbranched alkanes of at least 4 members (excludes halogenated alkanes) is 2. The smallest absolute Gasteiger partial charge is 0.223 e. The van der Waals surface area contributed by atoms with Crippen molar-refractivity contribution in [1.82, 2.24) is 5.32 Å². The van der Waals surface area contributed by atoms with Crippen molar-refractivity contribution in [2.45, 2.75) is 60.3 Å². The van der Waals surface area contributed by atoms with Gasteiger partial charge in [-0.15, -0.1) is 0 Å². The quantitative estimate of drug-likeness (QED) is 0.631. The van der Waals surface area contributed by atoms with Crippen LogP contribution in [0.4, 0.5) is 0 Å². The molecule has 2 nitrogen and oxygen atoms in total. The monoisotopic (exact) mass is 227 g/mol. The summed E-state index contributed by atoms with van der Waals surface area (Å²) in [6.45, 7) is 11.5. The van der Waals surface area contributed by atoms with Crippen molar-refractivity contribution >= 4 is 5.91 Å². The van der Waals surface area contributed by atoms with Gasteiger partial charge in [0.05, 0.1) is 0 Å². The Hall–Kier alpha value is -0.530. The number of hydrogen-bond donors (Lipinski definition) is 1. The Morgan fingerprint density at radius 3 is 2.12 bits per heavy atom. The zero-order valence-corrected chi connectivity index (χ0v) is 11.7. The lowest BCUT2D eigenvalue weighted by Gasteiger charge is -2.15. The number of carbonyl (C=O) groups is 1. The van der Waals surface area contributed by atoms with Gasteiger partial charge in [0.25, 0.3) is 0 Å². The van der Waals surface area contributed by atoms with E-state index in [1.807, 2.05) is 6.92 Å². The molecule has 1 atom stereocenters. The molecule has 0 aromatic carbocycles. The first-order chi connectivity index (χ1) is 7.45. The van der Waals surface area contributed by atoms with Gasteiger partial charge >= 0.3 is 0 Å². The van der Waals surface area contributed by atoms with Crippen LogP contribution in [0.1, 0.15) is 60.3 Å². The van der Waals surface area contributed by atoms with E-state index in [0.717, 1.165) is 18.9 Å². The Kier molecular flexibility index (Phi) is 8.32. The van der Waals surface area contributed by atoms with Gasteiger partial charge < -0.3 is 5.32 Å².